The Morgan fingerprint density at radius 3 is 2.42 bits per heavy atom. The van der Waals surface area contributed by atoms with E-state index in [1.807, 2.05) is 6.92 Å². The number of rotatable bonds is 6. The molecule has 2 rings (SSSR count). The molecular weight excluding hydrogens is 374 g/mol. The number of nitrogens with two attached hydrogens (primary N) is 1. The van der Waals surface area contributed by atoms with Crippen molar-refractivity contribution < 1.29 is 13.2 Å². The van der Waals surface area contributed by atoms with Gasteiger partial charge in [0.25, 0.3) is 0 Å². The maximum absolute atomic E-state index is 12.6. The molecule has 0 radical (unpaired) electrons. The summed E-state index contributed by atoms with van der Waals surface area (Å²) in [4.78, 5) is 14.4. The summed E-state index contributed by atoms with van der Waals surface area (Å²) in [5, 5.41) is 8.52. The van der Waals surface area contributed by atoms with E-state index in [4.69, 9.17) is 5.14 Å². The SMILES string of the molecule is CC(CC(=O)N(C)C(C)c1ccc(S(N)(=O)=O)cc1)C1CCCNC1.Cl. The highest BCUT2D eigenvalue weighted by Crippen LogP contribution is 2.26. The summed E-state index contributed by atoms with van der Waals surface area (Å²) in [5.74, 6) is 1.01. The van der Waals surface area contributed by atoms with Gasteiger partial charge in [0, 0.05) is 13.5 Å². The quantitative estimate of drug-likeness (QED) is 0.762. The Morgan fingerprint density at radius 2 is 1.92 bits per heavy atom. The summed E-state index contributed by atoms with van der Waals surface area (Å²) < 4.78 is 22.7. The minimum atomic E-state index is -3.70. The molecule has 1 aromatic carbocycles. The molecule has 1 heterocycles. The minimum absolute atomic E-state index is 0. The van der Waals surface area contributed by atoms with E-state index in [9.17, 15) is 13.2 Å². The summed E-state index contributed by atoms with van der Waals surface area (Å²) in [6.45, 7) is 6.15. The molecule has 3 N–H and O–H groups in total. The average Bonchev–Trinajstić information content (AvgIpc) is 2.60. The van der Waals surface area contributed by atoms with Crippen molar-refractivity contribution in [1.82, 2.24) is 10.2 Å². The largest absolute Gasteiger partial charge is 0.339 e. The molecule has 1 amide bonds. The Morgan fingerprint density at radius 1 is 1.31 bits per heavy atom. The molecule has 148 valence electrons. The summed E-state index contributed by atoms with van der Waals surface area (Å²) >= 11 is 0. The standard InChI is InChI=1S/C18H29N3O3S.ClH/c1-13(16-5-4-10-20-12-16)11-18(22)21(3)14(2)15-6-8-17(9-7-15)25(19,23)24;/h6-9,13-14,16,20H,4-5,10-12H2,1-3H3,(H2,19,23,24);1H. The Labute approximate surface area is 163 Å². The minimum Gasteiger partial charge on any atom is -0.339 e. The fourth-order valence-corrected chi connectivity index (χ4v) is 3.84. The van der Waals surface area contributed by atoms with E-state index in [1.165, 1.54) is 25.0 Å². The summed E-state index contributed by atoms with van der Waals surface area (Å²) in [6.07, 6.45) is 2.88. The van der Waals surface area contributed by atoms with Crippen LogP contribution in [0.2, 0.25) is 0 Å². The molecule has 3 unspecified atom stereocenters. The Hall–Kier alpha value is -1.15. The van der Waals surface area contributed by atoms with E-state index in [-0.39, 0.29) is 29.3 Å². The zero-order valence-corrected chi connectivity index (χ0v) is 17.3. The average molecular weight is 404 g/mol. The lowest BCUT2D eigenvalue weighted by atomic mass is 9.85. The molecule has 0 aliphatic carbocycles. The van der Waals surface area contributed by atoms with Crippen molar-refractivity contribution >= 4 is 28.3 Å². The molecular formula is C18H30ClN3O3S. The van der Waals surface area contributed by atoms with Crippen LogP contribution in [0.4, 0.5) is 0 Å². The number of nitrogens with one attached hydrogen (secondary N) is 1. The predicted molar refractivity (Wildman–Crippen MR) is 106 cm³/mol. The van der Waals surface area contributed by atoms with Crippen LogP contribution >= 0.6 is 12.4 Å². The fraction of sp³-hybridized carbons (Fsp3) is 0.611. The lowest BCUT2D eigenvalue weighted by Crippen LogP contribution is -2.36. The van der Waals surface area contributed by atoms with E-state index < -0.39 is 10.0 Å². The molecule has 1 saturated heterocycles. The number of carbonyl (C=O) groups excluding carboxylic acids is 1. The van der Waals surface area contributed by atoms with Gasteiger partial charge in [0.15, 0.2) is 0 Å². The normalized spacial score (nSPS) is 19.9. The molecule has 0 bridgehead atoms. The number of halogens is 1. The van der Waals surface area contributed by atoms with Gasteiger partial charge >= 0.3 is 0 Å². The zero-order chi connectivity index (χ0) is 18.6. The number of piperidine rings is 1. The molecule has 0 saturated carbocycles. The summed E-state index contributed by atoms with van der Waals surface area (Å²) in [6, 6.07) is 6.26. The predicted octanol–water partition coefficient (Wildman–Crippen LogP) is 2.30. The molecule has 26 heavy (non-hydrogen) atoms. The lowest BCUT2D eigenvalue weighted by molar-refractivity contribution is -0.133. The van der Waals surface area contributed by atoms with Gasteiger partial charge < -0.3 is 10.2 Å². The van der Waals surface area contributed by atoms with Crippen LogP contribution in [0.25, 0.3) is 0 Å². The number of carbonyl (C=O) groups is 1. The van der Waals surface area contributed by atoms with E-state index in [0.29, 0.717) is 18.3 Å². The van der Waals surface area contributed by atoms with E-state index >= 15 is 0 Å². The van der Waals surface area contributed by atoms with Crippen LogP contribution in [0.5, 0.6) is 0 Å². The highest BCUT2D eigenvalue weighted by Gasteiger charge is 2.25. The molecule has 1 fully saturated rings. The van der Waals surface area contributed by atoms with Crippen molar-refractivity contribution in [2.24, 2.45) is 17.0 Å². The number of hydrogen-bond donors (Lipinski definition) is 2. The van der Waals surface area contributed by atoms with Crippen molar-refractivity contribution in [1.29, 1.82) is 0 Å². The highest BCUT2D eigenvalue weighted by atomic mass is 35.5. The maximum atomic E-state index is 12.6. The van der Waals surface area contributed by atoms with Crippen molar-refractivity contribution in [3.63, 3.8) is 0 Å². The number of nitrogens with zero attached hydrogens (tertiary/aromatic N) is 1. The van der Waals surface area contributed by atoms with E-state index in [2.05, 4.69) is 12.2 Å². The van der Waals surface area contributed by atoms with Crippen LogP contribution < -0.4 is 10.5 Å². The van der Waals surface area contributed by atoms with Crippen molar-refractivity contribution in [3.05, 3.63) is 29.8 Å². The topological polar surface area (TPSA) is 92.5 Å². The van der Waals surface area contributed by atoms with E-state index in [0.717, 1.165) is 18.7 Å². The number of benzene rings is 1. The van der Waals surface area contributed by atoms with Crippen molar-refractivity contribution in [3.8, 4) is 0 Å². The second-order valence-electron chi connectivity index (χ2n) is 7.08. The van der Waals surface area contributed by atoms with Crippen LogP contribution in [0, 0.1) is 11.8 Å². The molecule has 1 aliphatic rings. The van der Waals surface area contributed by atoms with Crippen molar-refractivity contribution in [2.45, 2.75) is 44.0 Å². The second kappa shape index (κ2) is 9.69. The number of primary sulfonamides is 1. The van der Waals surface area contributed by atoms with Gasteiger partial charge in [-0.1, -0.05) is 19.1 Å². The first-order chi connectivity index (χ1) is 11.7. The third-order valence-electron chi connectivity index (χ3n) is 5.30. The Balaban J connectivity index is 0.00000338. The van der Waals surface area contributed by atoms with Gasteiger partial charge in [0.1, 0.15) is 0 Å². The molecule has 0 spiro atoms. The van der Waals surface area contributed by atoms with E-state index in [1.54, 1.807) is 24.1 Å². The molecule has 1 aliphatic heterocycles. The second-order valence-corrected chi connectivity index (χ2v) is 8.64. The van der Waals surface area contributed by atoms with Gasteiger partial charge in [-0.2, -0.15) is 0 Å². The zero-order valence-electron chi connectivity index (χ0n) is 15.6. The molecule has 0 aromatic heterocycles. The first kappa shape index (κ1) is 22.9. The highest BCUT2D eigenvalue weighted by molar-refractivity contribution is 7.89. The first-order valence-corrected chi connectivity index (χ1v) is 10.3. The first-order valence-electron chi connectivity index (χ1n) is 8.79. The van der Waals surface area contributed by atoms with Crippen molar-refractivity contribution in [2.75, 3.05) is 20.1 Å². The molecule has 1 aromatic rings. The van der Waals surface area contributed by atoms with Gasteiger partial charge in [0.05, 0.1) is 10.9 Å². The lowest BCUT2D eigenvalue weighted by Gasteiger charge is -2.31. The summed E-state index contributed by atoms with van der Waals surface area (Å²) in [5.41, 5.74) is 0.884. The van der Waals surface area contributed by atoms with Gasteiger partial charge in [-0.15, -0.1) is 12.4 Å². The third kappa shape index (κ3) is 5.94. The summed E-state index contributed by atoms with van der Waals surface area (Å²) in [7, 11) is -1.90. The Kier molecular flexibility index (Phi) is 8.53. The van der Waals surface area contributed by atoms with Gasteiger partial charge in [-0.3, -0.25) is 4.79 Å². The van der Waals surface area contributed by atoms with Crippen LogP contribution in [0.15, 0.2) is 29.2 Å². The van der Waals surface area contributed by atoms with Gasteiger partial charge in [-0.25, -0.2) is 13.6 Å². The fourth-order valence-electron chi connectivity index (χ4n) is 3.33. The van der Waals surface area contributed by atoms with Gasteiger partial charge in [-0.05, 0) is 62.4 Å². The van der Waals surface area contributed by atoms with Crippen LogP contribution in [-0.4, -0.2) is 39.4 Å². The third-order valence-corrected chi connectivity index (χ3v) is 6.23. The number of hydrogen-bond acceptors (Lipinski definition) is 4. The van der Waals surface area contributed by atoms with Crippen LogP contribution in [0.1, 0.15) is 44.7 Å². The smallest absolute Gasteiger partial charge is 0.238 e. The Bertz CT molecular complexity index is 688. The maximum Gasteiger partial charge on any atom is 0.238 e. The van der Waals surface area contributed by atoms with Crippen LogP contribution in [0.3, 0.4) is 0 Å². The van der Waals surface area contributed by atoms with Crippen LogP contribution in [-0.2, 0) is 14.8 Å². The molecule has 6 nitrogen and oxygen atoms in total. The van der Waals surface area contributed by atoms with Gasteiger partial charge in [0.2, 0.25) is 15.9 Å². The molecule has 3 atom stereocenters. The number of amides is 1. The monoisotopic (exact) mass is 403 g/mol. The number of sulfonamides is 1. The molecule has 8 heteroatoms.